The van der Waals surface area contributed by atoms with Crippen molar-refractivity contribution in [2.24, 2.45) is 4.99 Å². The molecule has 0 saturated carbocycles. The van der Waals surface area contributed by atoms with E-state index in [1.165, 1.54) is 27.3 Å². The van der Waals surface area contributed by atoms with Crippen LogP contribution >= 0.6 is 0 Å². The van der Waals surface area contributed by atoms with Gasteiger partial charge in [-0.05, 0) is 55.0 Å². The van der Waals surface area contributed by atoms with Gasteiger partial charge in [-0.25, -0.2) is 15.0 Å². The second-order valence-electron chi connectivity index (χ2n) is 9.14. The summed E-state index contributed by atoms with van der Waals surface area (Å²) in [7, 11) is 0. The van der Waals surface area contributed by atoms with E-state index >= 15 is 0 Å². The van der Waals surface area contributed by atoms with Crippen LogP contribution in [-0.4, -0.2) is 25.7 Å². The number of hydrogen-bond acceptors (Lipinski definition) is 4. The van der Waals surface area contributed by atoms with Crippen LogP contribution < -0.4 is 0 Å². The Morgan fingerprint density at radius 1 is 0.939 bits per heavy atom. The smallest absolute Gasteiger partial charge is 0.210 e. The van der Waals surface area contributed by atoms with Crippen LogP contribution in [0.4, 0.5) is 0 Å². The molecule has 1 aliphatic carbocycles. The number of aryl methyl sites for hydroxylation is 3. The fourth-order valence-corrected chi connectivity index (χ4v) is 5.55. The Morgan fingerprint density at radius 3 is 2.52 bits per heavy atom. The molecule has 0 bridgehead atoms. The Labute approximate surface area is 194 Å². The number of nitrogens with zero attached hydrogens (tertiary/aromatic N) is 4. The van der Waals surface area contributed by atoms with Gasteiger partial charge in [0, 0.05) is 24.1 Å². The molecule has 5 heteroatoms. The molecule has 1 spiro atoms. The lowest BCUT2D eigenvalue weighted by molar-refractivity contribution is -0.118. The molecule has 1 N–H and O–H groups in total. The number of aromatic nitrogens is 2. The summed E-state index contributed by atoms with van der Waals surface area (Å²) in [6.45, 7) is 4.84. The maximum atomic E-state index is 11.0. The molecule has 5 nitrogen and oxygen atoms in total. The standard InChI is InChI=1S/C28H28N4O/c1-3-8-27-29-25-11-6-7-12-26(25)31(27)18-20-13-16-24-22(17-20)15-14-21-9-4-5-10-23(21)28(24)30-19(2)32(28)33/h4-7,9-13,16-17,33H,3,8,14-15,18H2,1-2H3/t28-/m1/s1. The van der Waals surface area contributed by atoms with Crippen LogP contribution in [0.2, 0.25) is 0 Å². The Bertz CT molecular complexity index is 1400. The normalized spacial score (nSPS) is 19.1. The molecule has 4 aromatic rings. The SMILES string of the molecule is CCCc1nc2ccccc2n1Cc1ccc2c(c1)CCc1ccccc1[C@]21N=C(C)N1O. The molecule has 3 aromatic carbocycles. The molecule has 6 rings (SSSR count). The summed E-state index contributed by atoms with van der Waals surface area (Å²) in [5.41, 5.74) is 7.31. The summed E-state index contributed by atoms with van der Waals surface area (Å²) in [6.07, 6.45) is 3.90. The minimum absolute atomic E-state index is 0.649. The molecular formula is C28H28N4O. The number of aliphatic imine (C=N–C) groups is 1. The van der Waals surface area contributed by atoms with E-state index in [-0.39, 0.29) is 0 Å². The topological polar surface area (TPSA) is 53.7 Å². The Hall–Kier alpha value is -3.44. The molecule has 33 heavy (non-hydrogen) atoms. The van der Waals surface area contributed by atoms with Gasteiger partial charge in [0.2, 0.25) is 5.66 Å². The fraction of sp³-hybridized carbons (Fsp3) is 0.286. The number of imidazole rings is 1. The average molecular weight is 437 g/mol. The van der Waals surface area contributed by atoms with Crippen molar-refractivity contribution in [2.45, 2.75) is 51.7 Å². The summed E-state index contributed by atoms with van der Waals surface area (Å²) in [5.74, 6) is 1.79. The predicted octanol–water partition coefficient (Wildman–Crippen LogP) is 5.46. The highest BCUT2D eigenvalue weighted by Gasteiger charge is 2.50. The molecule has 2 aliphatic rings. The van der Waals surface area contributed by atoms with Gasteiger partial charge >= 0.3 is 0 Å². The lowest BCUT2D eigenvalue weighted by Gasteiger charge is -2.46. The van der Waals surface area contributed by atoms with Gasteiger partial charge in [0.05, 0.1) is 11.0 Å². The second-order valence-corrected chi connectivity index (χ2v) is 9.14. The first kappa shape index (κ1) is 20.2. The van der Waals surface area contributed by atoms with Crippen molar-refractivity contribution >= 4 is 16.9 Å². The highest BCUT2D eigenvalue weighted by atomic mass is 16.5. The van der Waals surface area contributed by atoms with Crippen molar-refractivity contribution in [3.8, 4) is 0 Å². The fourth-order valence-electron chi connectivity index (χ4n) is 5.55. The van der Waals surface area contributed by atoms with E-state index in [2.05, 4.69) is 72.2 Å². The highest BCUT2D eigenvalue weighted by Crippen LogP contribution is 2.47. The summed E-state index contributed by atoms with van der Waals surface area (Å²) in [6, 6.07) is 23.4. The molecule has 0 fully saturated rings. The molecule has 0 unspecified atom stereocenters. The third-order valence-electron chi connectivity index (χ3n) is 7.09. The summed E-state index contributed by atoms with van der Waals surface area (Å²) in [5, 5.41) is 12.3. The van der Waals surface area contributed by atoms with E-state index in [0.717, 1.165) is 54.7 Å². The molecule has 1 atom stereocenters. The summed E-state index contributed by atoms with van der Waals surface area (Å²) in [4.78, 5) is 9.80. The molecule has 2 heterocycles. The lowest BCUT2D eigenvalue weighted by atomic mass is 9.85. The highest BCUT2D eigenvalue weighted by molar-refractivity contribution is 5.86. The van der Waals surface area contributed by atoms with E-state index < -0.39 is 5.66 Å². The Morgan fingerprint density at radius 2 is 1.70 bits per heavy atom. The van der Waals surface area contributed by atoms with Crippen molar-refractivity contribution < 1.29 is 5.21 Å². The maximum absolute atomic E-state index is 11.0. The predicted molar refractivity (Wildman–Crippen MR) is 131 cm³/mol. The van der Waals surface area contributed by atoms with Crippen molar-refractivity contribution in [3.05, 3.63) is 100 Å². The minimum Gasteiger partial charge on any atom is -0.323 e. The molecule has 0 amide bonds. The van der Waals surface area contributed by atoms with E-state index in [4.69, 9.17) is 9.98 Å². The van der Waals surface area contributed by atoms with Crippen molar-refractivity contribution in [3.63, 3.8) is 0 Å². The van der Waals surface area contributed by atoms with Crippen LogP contribution in [0.1, 0.15) is 53.9 Å². The van der Waals surface area contributed by atoms with Crippen LogP contribution in [0.25, 0.3) is 11.0 Å². The molecule has 0 radical (unpaired) electrons. The van der Waals surface area contributed by atoms with Gasteiger partial charge in [-0.1, -0.05) is 61.5 Å². The zero-order valence-corrected chi connectivity index (χ0v) is 19.1. The Balaban J connectivity index is 1.45. The van der Waals surface area contributed by atoms with Gasteiger partial charge in [0.15, 0.2) is 0 Å². The first-order chi connectivity index (χ1) is 16.1. The van der Waals surface area contributed by atoms with Gasteiger partial charge in [0.25, 0.3) is 0 Å². The third-order valence-corrected chi connectivity index (χ3v) is 7.09. The van der Waals surface area contributed by atoms with E-state index in [1.807, 2.05) is 13.0 Å². The van der Waals surface area contributed by atoms with Gasteiger partial charge in [-0.15, -0.1) is 0 Å². The average Bonchev–Trinajstić information content (AvgIpc) is 3.10. The van der Waals surface area contributed by atoms with E-state index in [0.29, 0.717) is 5.84 Å². The third kappa shape index (κ3) is 2.96. The second kappa shape index (κ2) is 7.56. The van der Waals surface area contributed by atoms with Crippen molar-refractivity contribution in [1.29, 1.82) is 0 Å². The van der Waals surface area contributed by atoms with E-state index in [1.54, 1.807) is 0 Å². The summed E-state index contributed by atoms with van der Waals surface area (Å²) < 4.78 is 2.35. The largest absolute Gasteiger partial charge is 0.323 e. The van der Waals surface area contributed by atoms with Crippen LogP contribution in [0.3, 0.4) is 0 Å². The van der Waals surface area contributed by atoms with Crippen LogP contribution in [0.15, 0.2) is 71.7 Å². The number of benzene rings is 3. The number of para-hydroxylation sites is 2. The zero-order chi connectivity index (χ0) is 22.6. The lowest BCUT2D eigenvalue weighted by Crippen LogP contribution is -2.55. The number of rotatable bonds is 4. The van der Waals surface area contributed by atoms with E-state index in [9.17, 15) is 5.21 Å². The summed E-state index contributed by atoms with van der Waals surface area (Å²) >= 11 is 0. The van der Waals surface area contributed by atoms with Gasteiger partial charge < -0.3 is 4.57 Å². The first-order valence-electron chi connectivity index (χ1n) is 11.8. The molecular weight excluding hydrogens is 408 g/mol. The van der Waals surface area contributed by atoms with Gasteiger partial charge in [-0.3, -0.25) is 5.21 Å². The monoisotopic (exact) mass is 436 g/mol. The zero-order valence-electron chi connectivity index (χ0n) is 19.1. The van der Waals surface area contributed by atoms with Crippen LogP contribution in [-0.2, 0) is 31.5 Å². The van der Waals surface area contributed by atoms with Crippen molar-refractivity contribution in [2.75, 3.05) is 0 Å². The Kier molecular flexibility index (Phi) is 4.63. The van der Waals surface area contributed by atoms with Gasteiger partial charge in [-0.2, -0.15) is 0 Å². The number of hydroxylamine groups is 2. The van der Waals surface area contributed by atoms with Crippen LogP contribution in [0, 0.1) is 0 Å². The molecule has 0 saturated heterocycles. The quantitative estimate of drug-likeness (QED) is 0.462. The van der Waals surface area contributed by atoms with Crippen molar-refractivity contribution in [1.82, 2.24) is 14.6 Å². The minimum atomic E-state index is -0.833. The number of amidine groups is 1. The molecule has 166 valence electrons. The molecule has 1 aliphatic heterocycles. The molecule has 1 aromatic heterocycles. The van der Waals surface area contributed by atoms with Crippen LogP contribution in [0.5, 0.6) is 0 Å². The maximum Gasteiger partial charge on any atom is 0.210 e. The number of fused-ring (bicyclic) bond motifs is 5. The first-order valence-corrected chi connectivity index (χ1v) is 11.8. The van der Waals surface area contributed by atoms with Gasteiger partial charge in [0.1, 0.15) is 11.7 Å². The number of hydrogen-bond donors (Lipinski definition) is 1.